The number of carbonyl (C=O) groups is 1. The second-order valence-corrected chi connectivity index (χ2v) is 6.18. The monoisotopic (exact) mass is 346 g/mol. The van der Waals surface area contributed by atoms with Gasteiger partial charge in [-0.05, 0) is 25.5 Å². The summed E-state index contributed by atoms with van der Waals surface area (Å²) in [6, 6.07) is 18.2. The van der Waals surface area contributed by atoms with Gasteiger partial charge in [-0.25, -0.2) is 14.3 Å². The number of esters is 1. The zero-order valence-electron chi connectivity index (χ0n) is 14.8. The molecule has 0 spiro atoms. The van der Waals surface area contributed by atoms with Crippen LogP contribution in [0.15, 0.2) is 60.8 Å². The van der Waals surface area contributed by atoms with Gasteiger partial charge >= 0.3 is 5.97 Å². The van der Waals surface area contributed by atoms with Crippen LogP contribution in [-0.2, 0) is 11.3 Å². The molecule has 0 aliphatic rings. The fraction of sp³-hybridized carbons (Fsp3) is 0.190. The van der Waals surface area contributed by atoms with E-state index in [1.165, 1.54) is 5.56 Å². The lowest BCUT2D eigenvalue weighted by atomic mass is 10.2. The van der Waals surface area contributed by atoms with Gasteiger partial charge in [-0.1, -0.05) is 36.4 Å². The summed E-state index contributed by atoms with van der Waals surface area (Å²) in [6.07, 6.45) is 2.01. The first-order valence-corrected chi connectivity index (χ1v) is 8.70. The molecule has 26 heavy (non-hydrogen) atoms. The van der Waals surface area contributed by atoms with Gasteiger partial charge in [-0.15, -0.1) is 0 Å². The highest BCUT2D eigenvalue weighted by molar-refractivity contribution is 5.92. The standard InChI is InChI=1S/C21H20N3O2/c1-3-26-21(25)17-13-18-20(15(2)22-17)24(14-16-9-5-4-6-10-16)19-11-7-8-12-23(18)19/h4-13H,3,14H2,1-2H3/q+1. The van der Waals surface area contributed by atoms with E-state index in [0.717, 1.165) is 28.9 Å². The largest absolute Gasteiger partial charge is 0.461 e. The van der Waals surface area contributed by atoms with Crippen LogP contribution in [0.5, 0.6) is 0 Å². The topological polar surface area (TPSA) is 47.5 Å². The Hall–Kier alpha value is -3.21. The Morgan fingerprint density at radius 2 is 1.92 bits per heavy atom. The molecule has 0 saturated heterocycles. The summed E-state index contributed by atoms with van der Waals surface area (Å²) in [7, 11) is 0. The van der Waals surface area contributed by atoms with Gasteiger partial charge in [0.2, 0.25) is 0 Å². The summed E-state index contributed by atoms with van der Waals surface area (Å²) in [5, 5.41) is 0. The number of fused-ring (bicyclic) bond motifs is 3. The van der Waals surface area contributed by atoms with E-state index in [2.05, 4.69) is 32.2 Å². The summed E-state index contributed by atoms with van der Waals surface area (Å²) < 4.78 is 9.46. The van der Waals surface area contributed by atoms with Gasteiger partial charge in [0.1, 0.15) is 6.54 Å². The summed E-state index contributed by atoms with van der Waals surface area (Å²) in [5.74, 6) is -0.391. The maximum atomic E-state index is 12.2. The van der Waals surface area contributed by atoms with Gasteiger partial charge in [0, 0.05) is 12.1 Å². The molecule has 5 nitrogen and oxygen atoms in total. The van der Waals surface area contributed by atoms with Crippen molar-refractivity contribution in [1.82, 2.24) is 9.38 Å². The Morgan fingerprint density at radius 3 is 2.69 bits per heavy atom. The van der Waals surface area contributed by atoms with Gasteiger partial charge in [0.15, 0.2) is 16.7 Å². The average Bonchev–Trinajstić information content (AvgIpc) is 2.97. The van der Waals surface area contributed by atoms with Crippen LogP contribution in [0.2, 0.25) is 0 Å². The zero-order chi connectivity index (χ0) is 18.1. The average molecular weight is 346 g/mol. The predicted molar refractivity (Wildman–Crippen MR) is 99.1 cm³/mol. The molecular weight excluding hydrogens is 326 g/mol. The minimum Gasteiger partial charge on any atom is -0.461 e. The Bertz CT molecular complexity index is 1100. The molecule has 130 valence electrons. The third kappa shape index (κ3) is 2.71. The SMILES string of the molecule is CCOC(=O)c1cc2c(c(C)n1)[n+](Cc1ccccc1)c1ccccn21. The van der Waals surface area contributed by atoms with Crippen LogP contribution >= 0.6 is 0 Å². The van der Waals surface area contributed by atoms with E-state index in [4.69, 9.17) is 4.74 Å². The fourth-order valence-corrected chi connectivity index (χ4v) is 3.37. The van der Waals surface area contributed by atoms with Crippen LogP contribution < -0.4 is 4.57 Å². The van der Waals surface area contributed by atoms with E-state index >= 15 is 0 Å². The molecule has 0 fully saturated rings. The number of hydrogen-bond acceptors (Lipinski definition) is 3. The van der Waals surface area contributed by atoms with Crippen molar-refractivity contribution >= 4 is 22.6 Å². The first-order chi connectivity index (χ1) is 12.7. The summed E-state index contributed by atoms with van der Waals surface area (Å²) in [6.45, 7) is 4.80. The van der Waals surface area contributed by atoms with E-state index in [1.54, 1.807) is 6.92 Å². The first kappa shape index (κ1) is 16.3. The quantitative estimate of drug-likeness (QED) is 0.421. The van der Waals surface area contributed by atoms with E-state index in [1.807, 2.05) is 49.5 Å². The maximum absolute atomic E-state index is 12.2. The van der Waals surface area contributed by atoms with Crippen LogP contribution in [0, 0.1) is 6.92 Å². The number of hydrogen-bond donors (Lipinski definition) is 0. The Kier molecular flexibility index (Phi) is 4.13. The van der Waals surface area contributed by atoms with Gasteiger partial charge in [0.05, 0.1) is 18.5 Å². The molecule has 0 amide bonds. The lowest BCUT2D eigenvalue weighted by Gasteiger charge is -2.04. The fourth-order valence-electron chi connectivity index (χ4n) is 3.37. The van der Waals surface area contributed by atoms with Crippen molar-refractivity contribution in [3.8, 4) is 0 Å². The molecule has 0 atom stereocenters. The smallest absolute Gasteiger partial charge is 0.357 e. The van der Waals surface area contributed by atoms with Crippen molar-refractivity contribution in [3.05, 3.63) is 77.7 Å². The third-order valence-corrected chi connectivity index (χ3v) is 4.46. The molecule has 5 heteroatoms. The van der Waals surface area contributed by atoms with E-state index < -0.39 is 5.97 Å². The van der Waals surface area contributed by atoms with E-state index in [0.29, 0.717) is 12.3 Å². The minimum absolute atomic E-state index is 0.334. The molecule has 1 aromatic carbocycles. The normalized spacial score (nSPS) is 11.2. The molecule has 4 rings (SSSR count). The molecule has 0 aliphatic carbocycles. The highest BCUT2D eigenvalue weighted by atomic mass is 16.5. The number of benzene rings is 1. The lowest BCUT2D eigenvalue weighted by Crippen LogP contribution is -2.34. The highest BCUT2D eigenvalue weighted by Gasteiger charge is 2.24. The Morgan fingerprint density at radius 1 is 1.15 bits per heavy atom. The molecule has 0 saturated carbocycles. The molecule has 0 aliphatic heterocycles. The van der Waals surface area contributed by atoms with Crippen molar-refractivity contribution in [1.29, 1.82) is 0 Å². The van der Waals surface area contributed by atoms with Crippen molar-refractivity contribution in [2.45, 2.75) is 20.4 Å². The Labute approximate surface area is 151 Å². The molecule has 0 unspecified atom stereocenters. The van der Waals surface area contributed by atoms with Crippen molar-refractivity contribution < 1.29 is 14.1 Å². The number of aryl methyl sites for hydroxylation is 1. The summed E-state index contributed by atoms with van der Waals surface area (Å²) >= 11 is 0. The predicted octanol–water partition coefficient (Wildman–Crippen LogP) is 3.31. The van der Waals surface area contributed by atoms with Crippen molar-refractivity contribution in [2.75, 3.05) is 6.61 Å². The number of ether oxygens (including phenoxy) is 1. The van der Waals surface area contributed by atoms with Crippen LogP contribution in [-0.4, -0.2) is 22.0 Å². The van der Waals surface area contributed by atoms with Gasteiger partial charge < -0.3 is 4.74 Å². The van der Waals surface area contributed by atoms with Gasteiger partial charge in [0.25, 0.3) is 5.65 Å². The highest BCUT2D eigenvalue weighted by Crippen LogP contribution is 2.20. The second kappa shape index (κ2) is 6.59. The molecule has 4 aromatic rings. The zero-order valence-corrected chi connectivity index (χ0v) is 14.8. The summed E-state index contributed by atoms with van der Waals surface area (Å²) in [4.78, 5) is 16.7. The first-order valence-electron chi connectivity index (χ1n) is 8.70. The molecule has 0 N–H and O–H groups in total. The third-order valence-electron chi connectivity index (χ3n) is 4.46. The second-order valence-electron chi connectivity index (χ2n) is 6.18. The van der Waals surface area contributed by atoms with Gasteiger partial charge in [-0.2, -0.15) is 4.40 Å². The van der Waals surface area contributed by atoms with Crippen LogP contribution in [0.25, 0.3) is 16.7 Å². The van der Waals surface area contributed by atoms with E-state index in [9.17, 15) is 4.79 Å². The van der Waals surface area contributed by atoms with Crippen LogP contribution in [0.4, 0.5) is 0 Å². The van der Waals surface area contributed by atoms with Crippen LogP contribution in [0.3, 0.4) is 0 Å². The number of nitrogens with zero attached hydrogens (tertiary/aromatic N) is 3. The number of rotatable bonds is 4. The van der Waals surface area contributed by atoms with Crippen LogP contribution in [0.1, 0.15) is 28.7 Å². The number of imidazole rings is 1. The van der Waals surface area contributed by atoms with Crippen molar-refractivity contribution in [2.24, 2.45) is 0 Å². The molecule has 3 aromatic heterocycles. The summed E-state index contributed by atoms with van der Waals surface area (Å²) in [5.41, 5.74) is 5.39. The van der Waals surface area contributed by atoms with Gasteiger partial charge in [-0.3, -0.25) is 0 Å². The van der Waals surface area contributed by atoms with E-state index in [-0.39, 0.29) is 0 Å². The number of pyridine rings is 2. The number of carbonyl (C=O) groups excluding carboxylic acids is 1. The maximum Gasteiger partial charge on any atom is 0.357 e. The van der Waals surface area contributed by atoms with Crippen molar-refractivity contribution in [3.63, 3.8) is 0 Å². The molecule has 3 heterocycles. The molecular formula is C21H20N3O2+. The minimum atomic E-state index is -0.391. The molecule has 0 bridgehead atoms. The number of aromatic nitrogens is 3. The lowest BCUT2D eigenvalue weighted by molar-refractivity contribution is -0.636. The Balaban J connectivity index is 1.97. The molecule has 0 radical (unpaired) electrons.